The molecule has 0 saturated carbocycles. The number of anilines is 1. The molecule has 0 fully saturated rings. The van der Waals surface area contributed by atoms with Gasteiger partial charge in [0.1, 0.15) is 5.75 Å². The molecule has 2 aromatic carbocycles. The highest BCUT2D eigenvalue weighted by Gasteiger charge is 2.11. The number of sulfonamides is 1. The first-order valence-corrected chi connectivity index (χ1v) is 10.3. The van der Waals surface area contributed by atoms with Crippen LogP contribution >= 0.6 is 34.8 Å². The summed E-state index contributed by atoms with van der Waals surface area (Å²) in [6, 6.07) is 9.57. The molecule has 2 rings (SSSR count). The van der Waals surface area contributed by atoms with Gasteiger partial charge in [0, 0.05) is 12.6 Å². The number of halogens is 3. The topological polar surface area (TPSA) is 84.5 Å². The Kier molecular flexibility index (Phi) is 7.00. The van der Waals surface area contributed by atoms with Crippen molar-refractivity contribution in [2.45, 2.75) is 6.54 Å². The molecule has 0 atom stereocenters. The van der Waals surface area contributed by atoms with Crippen molar-refractivity contribution < 1.29 is 17.9 Å². The molecular weight excluding hydrogens is 423 g/mol. The maximum Gasteiger partial charge on any atom is 0.258 e. The molecule has 0 aliphatic carbocycles. The molecule has 0 unspecified atom stereocenters. The van der Waals surface area contributed by atoms with Gasteiger partial charge in [0.25, 0.3) is 5.91 Å². The summed E-state index contributed by atoms with van der Waals surface area (Å²) >= 11 is 17.7. The van der Waals surface area contributed by atoms with Gasteiger partial charge < -0.3 is 10.1 Å². The summed E-state index contributed by atoms with van der Waals surface area (Å²) < 4.78 is 30.5. The fourth-order valence-corrected chi connectivity index (χ4v) is 3.17. The van der Waals surface area contributed by atoms with Gasteiger partial charge >= 0.3 is 0 Å². The summed E-state index contributed by atoms with van der Waals surface area (Å²) in [5, 5.41) is 3.41. The number of nitrogens with one attached hydrogen (secondary N) is 2. The molecule has 0 bridgehead atoms. The van der Waals surface area contributed by atoms with Gasteiger partial charge in [0.2, 0.25) is 10.0 Å². The number of amides is 1. The molecule has 2 N–H and O–H groups in total. The molecule has 0 saturated heterocycles. The van der Waals surface area contributed by atoms with Crippen molar-refractivity contribution in [2.24, 2.45) is 0 Å². The molecule has 10 heteroatoms. The first kappa shape index (κ1) is 20.6. The minimum Gasteiger partial charge on any atom is -0.482 e. The lowest BCUT2D eigenvalue weighted by molar-refractivity contribution is -0.123. The van der Waals surface area contributed by atoms with E-state index in [1.807, 2.05) is 0 Å². The van der Waals surface area contributed by atoms with Crippen molar-refractivity contribution in [2.75, 3.05) is 17.6 Å². The van der Waals surface area contributed by atoms with E-state index < -0.39 is 15.9 Å². The number of hydrogen-bond acceptors (Lipinski definition) is 4. The van der Waals surface area contributed by atoms with E-state index in [1.165, 1.54) is 12.1 Å². The van der Waals surface area contributed by atoms with Gasteiger partial charge in [-0.05, 0) is 17.7 Å². The largest absolute Gasteiger partial charge is 0.482 e. The number of benzene rings is 2. The third-order valence-corrected chi connectivity index (χ3v) is 4.73. The Hall–Kier alpha value is -1.67. The molecule has 26 heavy (non-hydrogen) atoms. The zero-order valence-electron chi connectivity index (χ0n) is 13.6. The summed E-state index contributed by atoms with van der Waals surface area (Å²) in [5.41, 5.74) is 1.00. The number of hydrogen-bond donors (Lipinski definition) is 2. The van der Waals surface area contributed by atoms with E-state index in [1.54, 1.807) is 24.3 Å². The number of ether oxygens (including phenoxy) is 1. The van der Waals surface area contributed by atoms with Crippen LogP contribution in [0.25, 0.3) is 0 Å². The molecule has 140 valence electrons. The van der Waals surface area contributed by atoms with Gasteiger partial charge in [-0.3, -0.25) is 9.52 Å². The molecular formula is C16H15Cl3N2O4S. The van der Waals surface area contributed by atoms with Gasteiger partial charge in [-0.2, -0.15) is 0 Å². The van der Waals surface area contributed by atoms with Crippen molar-refractivity contribution in [3.8, 4) is 5.75 Å². The maximum atomic E-state index is 12.0. The average Bonchev–Trinajstić information content (AvgIpc) is 2.54. The lowest BCUT2D eigenvalue weighted by atomic mass is 10.2. The SMILES string of the molecule is CS(=O)(=O)Nc1ccccc1CNC(=O)COc1cc(Cl)c(Cl)cc1Cl. The maximum absolute atomic E-state index is 12.0. The van der Waals surface area contributed by atoms with Crippen LogP contribution in [0.4, 0.5) is 5.69 Å². The van der Waals surface area contributed by atoms with Crippen molar-refractivity contribution in [1.29, 1.82) is 0 Å². The molecule has 0 radical (unpaired) electrons. The predicted octanol–water partition coefficient (Wildman–Crippen LogP) is 3.71. The summed E-state index contributed by atoms with van der Waals surface area (Å²) in [7, 11) is -3.42. The first-order chi connectivity index (χ1) is 12.2. The van der Waals surface area contributed by atoms with Crippen LogP contribution in [-0.2, 0) is 21.4 Å². The van der Waals surface area contributed by atoms with Gasteiger partial charge in [-0.25, -0.2) is 8.42 Å². The number of carbonyl (C=O) groups is 1. The van der Waals surface area contributed by atoms with E-state index in [4.69, 9.17) is 39.5 Å². The summed E-state index contributed by atoms with van der Waals surface area (Å²) in [6.45, 7) is -0.171. The molecule has 0 aliphatic rings. The molecule has 0 aliphatic heterocycles. The van der Waals surface area contributed by atoms with E-state index in [0.717, 1.165) is 6.26 Å². The predicted molar refractivity (Wildman–Crippen MR) is 104 cm³/mol. The monoisotopic (exact) mass is 436 g/mol. The van der Waals surface area contributed by atoms with E-state index in [2.05, 4.69) is 10.0 Å². The van der Waals surface area contributed by atoms with Crippen LogP contribution < -0.4 is 14.8 Å². The van der Waals surface area contributed by atoms with Gasteiger partial charge in [0.15, 0.2) is 6.61 Å². The fraction of sp³-hybridized carbons (Fsp3) is 0.188. The molecule has 6 nitrogen and oxygen atoms in total. The van der Waals surface area contributed by atoms with Gasteiger partial charge in [-0.1, -0.05) is 53.0 Å². The first-order valence-electron chi connectivity index (χ1n) is 7.25. The van der Waals surface area contributed by atoms with E-state index in [0.29, 0.717) is 11.3 Å². The van der Waals surface area contributed by atoms with Crippen molar-refractivity contribution >= 4 is 56.4 Å². The Morgan fingerprint density at radius 3 is 2.42 bits per heavy atom. The Morgan fingerprint density at radius 2 is 1.73 bits per heavy atom. The molecule has 2 aromatic rings. The Morgan fingerprint density at radius 1 is 1.08 bits per heavy atom. The van der Waals surface area contributed by atoms with Crippen LogP contribution in [0.15, 0.2) is 36.4 Å². The highest BCUT2D eigenvalue weighted by molar-refractivity contribution is 7.92. The normalized spacial score (nSPS) is 11.1. The summed E-state index contributed by atoms with van der Waals surface area (Å²) in [5.74, 6) is -0.184. The van der Waals surface area contributed by atoms with Crippen LogP contribution in [0.1, 0.15) is 5.56 Å². The van der Waals surface area contributed by atoms with E-state index in [-0.39, 0.29) is 34.0 Å². The third kappa shape index (κ3) is 6.25. The minimum absolute atomic E-state index is 0.121. The quantitative estimate of drug-likeness (QED) is 0.647. The number of carbonyl (C=O) groups excluding carboxylic acids is 1. The minimum atomic E-state index is -3.42. The summed E-state index contributed by atoms with van der Waals surface area (Å²) in [4.78, 5) is 12.0. The average molecular weight is 438 g/mol. The lowest BCUT2D eigenvalue weighted by Crippen LogP contribution is -2.29. The molecule has 0 aromatic heterocycles. The lowest BCUT2D eigenvalue weighted by Gasteiger charge is -2.12. The molecule has 0 heterocycles. The van der Waals surface area contributed by atoms with Crippen LogP contribution in [0, 0.1) is 0 Å². The second-order valence-corrected chi connectivity index (χ2v) is 8.26. The Bertz CT molecular complexity index is 920. The van der Waals surface area contributed by atoms with Gasteiger partial charge in [0.05, 0.1) is 27.0 Å². The van der Waals surface area contributed by atoms with E-state index in [9.17, 15) is 13.2 Å². The van der Waals surface area contributed by atoms with Crippen LogP contribution in [0.3, 0.4) is 0 Å². The highest BCUT2D eigenvalue weighted by atomic mass is 35.5. The zero-order valence-corrected chi connectivity index (χ0v) is 16.6. The molecule has 0 spiro atoms. The second kappa shape index (κ2) is 8.81. The summed E-state index contributed by atoms with van der Waals surface area (Å²) in [6.07, 6.45) is 1.05. The van der Waals surface area contributed by atoms with Crippen molar-refractivity contribution in [3.63, 3.8) is 0 Å². The third-order valence-electron chi connectivity index (χ3n) is 3.12. The van der Waals surface area contributed by atoms with Crippen molar-refractivity contribution in [3.05, 3.63) is 57.0 Å². The molecule has 1 amide bonds. The smallest absolute Gasteiger partial charge is 0.258 e. The second-order valence-electron chi connectivity index (χ2n) is 5.29. The standard InChI is InChI=1S/C16H15Cl3N2O4S/c1-26(23,24)21-14-5-3-2-4-10(14)8-20-16(22)9-25-15-7-12(18)11(17)6-13(15)19/h2-7,21H,8-9H2,1H3,(H,20,22). The highest BCUT2D eigenvalue weighted by Crippen LogP contribution is 2.33. The van der Waals surface area contributed by atoms with Crippen molar-refractivity contribution in [1.82, 2.24) is 5.32 Å². The van der Waals surface area contributed by atoms with Gasteiger partial charge in [-0.15, -0.1) is 0 Å². The Balaban J connectivity index is 1.95. The zero-order chi connectivity index (χ0) is 19.3. The van der Waals surface area contributed by atoms with Crippen LogP contribution in [0.2, 0.25) is 15.1 Å². The van der Waals surface area contributed by atoms with Crippen LogP contribution in [0.5, 0.6) is 5.75 Å². The Labute approximate surface area is 166 Å². The van der Waals surface area contributed by atoms with E-state index >= 15 is 0 Å². The number of rotatable bonds is 7. The number of para-hydroxylation sites is 1. The van der Waals surface area contributed by atoms with Crippen LogP contribution in [-0.4, -0.2) is 27.2 Å². The fourth-order valence-electron chi connectivity index (χ4n) is 1.98.